The van der Waals surface area contributed by atoms with Crippen LogP contribution in [0, 0.1) is 0 Å². The fraction of sp³-hybridized carbons (Fsp3) is 0.588. The van der Waals surface area contributed by atoms with Crippen molar-refractivity contribution in [2.75, 3.05) is 26.2 Å². The molecule has 0 radical (unpaired) electrons. The highest BCUT2D eigenvalue weighted by atomic mass is 16.2. The Bertz CT molecular complexity index is 480. The predicted molar refractivity (Wildman–Crippen MR) is 93.9 cm³/mol. The molecule has 0 unspecified atom stereocenters. The average molecular weight is 370 g/mol. The van der Waals surface area contributed by atoms with Gasteiger partial charge in [0.15, 0.2) is 12.6 Å². The van der Waals surface area contributed by atoms with Crippen molar-refractivity contribution in [3.8, 4) is 0 Å². The van der Waals surface area contributed by atoms with Crippen LogP contribution in [0.5, 0.6) is 0 Å². The van der Waals surface area contributed by atoms with Gasteiger partial charge in [-0.2, -0.15) is 0 Å². The van der Waals surface area contributed by atoms with Gasteiger partial charge >= 0.3 is 0 Å². The highest BCUT2D eigenvalue weighted by molar-refractivity contribution is 5.90. The molecule has 0 saturated heterocycles. The van der Waals surface area contributed by atoms with E-state index < -0.39 is 11.1 Å². The summed E-state index contributed by atoms with van der Waals surface area (Å²) in [5.74, 6) is -0.294. The number of hydrogen-bond donors (Lipinski definition) is 4. The lowest BCUT2D eigenvalue weighted by molar-refractivity contribution is -0.696. The van der Waals surface area contributed by atoms with Crippen molar-refractivity contribution < 1.29 is 35.0 Å². The summed E-state index contributed by atoms with van der Waals surface area (Å²) in [6.07, 6.45) is 4.52. The first-order chi connectivity index (χ1) is 12.5. The maximum absolute atomic E-state index is 11.5. The molecular formula is C17H30N4O5+2. The third-order valence-electron chi connectivity index (χ3n) is 4.10. The Morgan fingerprint density at radius 3 is 2.15 bits per heavy atom. The number of hydrogen-bond acceptors (Lipinski definition) is 6. The van der Waals surface area contributed by atoms with Gasteiger partial charge in [-0.3, -0.25) is 19.7 Å². The van der Waals surface area contributed by atoms with E-state index in [1.54, 1.807) is 5.32 Å². The van der Waals surface area contributed by atoms with Crippen LogP contribution in [-0.4, -0.2) is 68.3 Å². The summed E-state index contributed by atoms with van der Waals surface area (Å²) in [5, 5.41) is 7.03. The highest BCUT2D eigenvalue weighted by Gasteiger charge is 2.38. The summed E-state index contributed by atoms with van der Waals surface area (Å²) in [6, 6.07) is 0. The van der Waals surface area contributed by atoms with Crippen molar-refractivity contribution in [1.82, 2.24) is 10.6 Å². The van der Waals surface area contributed by atoms with Gasteiger partial charge < -0.3 is 26.0 Å². The molecule has 0 fully saturated rings. The van der Waals surface area contributed by atoms with E-state index in [4.69, 9.17) is 0 Å². The van der Waals surface area contributed by atoms with Crippen molar-refractivity contribution in [2.45, 2.75) is 36.8 Å². The van der Waals surface area contributed by atoms with Crippen molar-refractivity contribution >= 4 is 31.1 Å². The molecule has 7 N–H and O–H groups in total. The van der Waals surface area contributed by atoms with Crippen molar-refractivity contribution in [2.24, 2.45) is 0 Å². The minimum atomic E-state index is -1.42. The van der Waals surface area contributed by atoms with Gasteiger partial charge in [0.2, 0.25) is 11.4 Å². The SMILES string of the molecule is C=CC(=O)NCCC[NH2+]C(C=O)(C=O)CCC(C=O)(C=O)NCCC[NH3+]. The van der Waals surface area contributed by atoms with Gasteiger partial charge in [-0.1, -0.05) is 6.58 Å². The van der Waals surface area contributed by atoms with E-state index in [0.717, 1.165) is 6.08 Å². The lowest BCUT2D eigenvalue weighted by Gasteiger charge is -2.27. The maximum Gasteiger partial charge on any atom is 0.243 e. The van der Waals surface area contributed by atoms with Crippen LogP contribution in [0.15, 0.2) is 12.7 Å². The van der Waals surface area contributed by atoms with Crippen LogP contribution in [-0.2, 0) is 24.0 Å². The van der Waals surface area contributed by atoms with Crippen molar-refractivity contribution in [1.29, 1.82) is 0 Å². The van der Waals surface area contributed by atoms with Gasteiger partial charge in [0.25, 0.3) is 0 Å². The zero-order chi connectivity index (χ0) is 19.9. The van der Waals surface area contributed by atoms with Crippen LogP contribution in [0.2, 0.25) is 0 Å². The third-order valence-corrected chi connectivity index (χ3v) is 4.10. The van der Waals surface area contributed by atoms with Crippen LogP contribution < -0.4 is 21.7 Å². The molecule has 0 aliphatic rings. The van der Waals surface area contributed by atoms with Gasteiger partial charge in [0.1, 0.15) is 18.1 Å². The number of quaternary nitrogens is 2. The molecule has 0 aromatic carbocycles. The predicted octanol–water partition coefficient (Wildman–Crippen LogP) is -3.48. The summed E-state index contributed by atoms with van der Waals surface area (Å²) < 4.78 is 0. The number of nitrogens with two attached hydrogens (primary N) is 1. The molecule has 9 nitrogen and oxygen atoms in total. The summed E-state index contributed by atoms with van der Waals surface area (Å²) in [4.78, 5) is 56.8. The maximum atomic E-state index is 11.5. The van der Waals surface area contributed by atoms with E-state index >= 15 is 0 Å². The quantitative estimate of drug-likeness (QED) is 0.0902. The van der Waals surface area contributed by atoms with E-state index in [2.05, 4.69) is 22.9 Å². The second-order valence-corrected chi connectivity index (χ2v) is 6.10. The second kappa shape index (κ2) is 13.0. The number of amides is 1. The number of carbonyl (C=O) groups excluding carboxylic acids is 5. The molecule has 26 heavy (non-hydrogen) atoms. The Hall–Kier alpha value is -2.23. The van der Waals surface area contributed by atoms with E-state index in [-0.39, 0.29) is 18.7 Å². The van der Waals surface area contributed by atoms with Crippen LogP contribution in [0.25, 0.3) is 0 Å². The van der Waals surface area contributed by atoms with Gasteiger partial charge in [0, 0.05) is 32.4 Å². The van der Waals surface area contributed by atoms with Crippen molar-refractivity contribution in [3.63, 3.8) is 0 Å². The fourth-order valence-electron chi connectivity index (χ4n) is 2.29. The minimum Gasteiger partial charge on any atom is -0.358 e. The first kappa shape index (κ1) is 23.8. The Labute approximate surface area is 153 Å². The molecule has 146 valence electrons. The summed E-state index contributed by atoms with van der Waals surface area (Å²) in [7, 11) is 0. The number of nitrogens with one attached hydrogen (secondary N) is 2. The minimum absolute atomic E-state index is 0.0261. The molecule has 0 heterocycles. The van der Waals surface area contributed by atoms with E-state index in [1.807, 2.05) is 0 Å². The molecule has 0 aromatic heterocycles. The number of rotatable bonds is 17. The third kappa shape index (κ3) is 8.24. The van der Waals surface area contributed by atoms with E-state index in [9.17, 15) is 24.0 Å². The molecule has 1 amide bonds. The highest BCUT2D eigenvalue weighted by Crippen LogP contribution is 2.13. The second-order valence-electron chi connectivity index (χ2n) is 6.10. The van der Waals surface area contributed by atoms with Crippen LogP contribution in [0.4, 0.5) is 0 Å². The first-order valence-electron chi connectivity index (χ1n) is 8.61. The smallest absolute Gasteiger partial charge is 0.243 e. The molecule has 0 atom stereocenters. The summed E-state index contributed by atoms with van der Waals surface area (Å²) in [5.41, 5.74) is 0.902. The Kier molecular flexibility index (Phi) is 11.9. The largest absolute Gasteiger partial charge is 0.358 e. The average Bonchev–Trinajstić information content (AvgIpc) is 2.68. The van der Waals surface area contributed by atoms with Crippen LogP contribution in [0.1, 0.15) is 25.7 Å². The molecule has 9 heteroatoms. The summed E-state index contributed by atoms with van der Waals surface area (Å²) >= 11 is 0. The lowest BCUT2D eigenvalue weighted by atomic mass is 9.87. The standard InChI is InChI=1S/C17H28N4O5/c1-2-15(26)19-8-4-10-21-17(13-24,14-25)6-5-16(11-22,12-23)20-9-3-7-18/h2,11-14,20-21H,1,3-10,18H2,(H,19,26)/p+2. The molecule has 0 bridgehead atoms. The molecule has 0 aliphatic heterocycles. The Morgan fingerprint density at radius 1 is 1.00 bits per heavy atom. The zero-order valence-electron chi connectivity index (χ0n) is 15.1. The van der Waals surface area contributed by atoms with E-state index in [0.29, 0.717) is 64.2 Å². The van der Waals surface area contributed by atoms with Gasteiger partial charge in [-0.15, -0.1) is 0 Å². The van der Waals surface area contributed by atoms with Gasteiger partial charge in [0.05, 0.1) is 13.1 Å². The first-order valence-corrected chi connectivity index (χ1v) is 8.61. The fourth-order valence-corrected chi connectivity index (χ4v) is 2.29. The molecule has 0 saturated carbocycles. The number of carbonyl (C=O) groups is 5. The summed E-state index contributed by atoms with van der Waals surface area (Å²) in [6.45, 7) is 5.23. The normalized spacial score (nSPS) is 11.4. The molecule has 0 spiro atoms. The van der Waals surface area contributed by atoms with Crippen LogP contribution in [0.3, 0.4) is 0 Å². The molecule has 0 aliphatic carbocycles. The molecule has 0 aromatic rings. The molecule has 0 rings (SSSR count). The Morgan fingerprint density at radius 2 is 1.65 bits per heavy atom. The van der Waals surface area contributed by atoms with Gasteiger partial charge in [-0.25, -0.2) is 0 Å². The lowest BCUT2D eigenvalue weighted by Crippen LogP contribution is -2.98. The van der Waals surface area contributed by atoms with E-state index in [1.165, 1.54) is 0 Å². The zero-order valence-corrected chi connectivity index (χ0v) is 15.1. The van der Waals surface area contributed by atoms with Crippen molar-refractivity contribution in [3.05, 3.63) is 12.7 Å². The van der Waals surface area contributed by atoms with Gasteiger partial charge in [-0.05, 0) is 12.5 Å². The molecular weight excluding hydrogens is 340 g/mol. The monoisotopic (exact) mass is 370 g/mol. The Balaban J connectivity index is 4.70. The number of aldehydes is 4. The van der Waals surface area contributed by atoms with Crippen LogP contribution >= 0.6 is 0 Å². The topological polar surface area (TPSA) is 154 Å².